The van der Waals surface area contributed by atoms with E-state index in [-0.39, 0.29) is 20.7 Å². The van der Waals surface area contributed by atoms with Crippen molar-refractivity contribution in [2.24, 2.45) is 0 Å². The molecule has 0 fully saturated rings. The van der Waals surface area contributed by atoms with Gasteiger partial charge in [-0.15, -0.1) is 0 Å². The van der Waals surface area contributed by atoms with Gasteiger partial charge in [-0.3, -0.25) is 0 Å². The smallest absolute Gasteiger partial charge is 0.262 e. The van der Waals surface area contributed by atoms with E-state index in [0.29, 0.717) is 0 Å². The summed E-state index contributed by atoms with van der Waals surface area (Å²) >= 11 is 11.0. The lowest BCUT2D eigenvalue weighted by Gasteiger charge is -2.03. The minimum absolute atomic E-state index is 0.233. The van der Waals surface area contributed by atoms with Gasteiger partial charge in [0.05, 0.1) is 5.02 Å². The van der Waals surface area contributed by atoms with Crippen LogP contribution in [0.2, 0.25) is 10.0 Å². The van der Waals surface area contributed by atoms with Gasteiger partial charge in [-0.2, -0.15) is 0 Å². The maximum atomic E-state index is 10.9. The number of phenolic OH excluding ortho intramolecular Hbond substituents is 1. The molecule has 0 aliphatic heterocycles. The topological polar surface area (TPSA) is 54.4 Å². The van der Waals surface area contributed by atoms with Crippen LogP contribution in [0.5, 0.6) is 5.75 Å². The summed E-state index contributed by atoms with van der Waals surface area (Å²) < 4.78 is 21.7. The molecule has 0 aliphatic carbocycles. The summed E-state index contributed by atoms with van der Waals surface area (Å²) in [5.41, 5.74) is 0. The molecular weight excluding hydrogens is 258 g/mol. The van der Waals surface area contributed by atoms with E-state index in [4.69, 9.17) is 39.0 Å². The summed E-state index contributed by atoms with van der Waals surface area (Å²) in [5.74, 6) is -0.296. The molecule has 0 spiro atoms. The molecule has 3 nitrogen and oxygen atoms in total. The van der Waals surface area contributed by atoms with Crippen molar-refractivity contribution in [3.05, 3.63) is 22.2 Å². The maximum absolute atomic E-state index is 10.9. The van der Waals surface area contributed by atoms with Crippen LogP contribution in [0.1, 0.15) is 0 Å². The maximum Gasteiger partial charge on any atom is 0.262 e. The summed E-state index contributed by atoms with van der Waals surface area (Å²) in [4.78, 5) is -0.321. The highest BCUT2D eigenvalue weighted by Crippen LogP contribution is 2.36. The largest absolute Gasteiger partial charge is 0.506 e. The third-order valence-electron chi connectivity index (χ3n) is 1.29. The number of benzene rings is 1. The standard InChI is InChI=1S/C6H3Cl3O3S/c7-5-3(10)1-2-4(6(5)8)13(9,11)12/h1-2,10H. The number of hydrogen-bond donors (Lipinski definition) is 1. The van der Waals surface area contributed by atoms with Crippen LogP contribution in [0, 0.1) is 0 Å². The van der Waals surface area contributed by atoms with Crippen LogP contribution in [0.15, 0.2) is 17.0 Å². The molecule has 1 aromatic carbocycles. The van der Waals surface area contributed by atoms with Gasteiger partial charge >= 0.3 is 0 Å². The summed E-state index contributed by atoms with van der Waals surface area (Å²) in [6.45, 7) is 0. The van der Waals surface area contributed by atoms with Crippen LogP contribution in [0.25, 0.3) is 0 Å². The quantitative estimate of drug-likeness (QED) is 0.791. The van der Waals surface area contributed by atoms with E-state index in [1.807, 2.05) is 0 Å². The highest BCUT2D eigenvalue weighted by molar-refractivity contribution is 8.13. The molecule has 0 aromatic heterocycles. The van der Waals surface area contributed by atoms with Crippen LogP contribution in [-0.4, -0.2) is 13.5 Å². The molecule has 0 amide bonds. The molecule has 0 heterocycles. The molecule has 72 valence electrons. The highest BCUT2D eigenvalue weighted by atomic mass is 35.7. The fraction of sp³-hybridized carbons (Fsp3) is 0. The SMILES string of the molecule is O=S(=O)(Cl)c1ccc(O)c(Cl)c1Cl. The summed E-state index contributed by atoms with van der Waals surface area (Å²) in [7, 11) is 1.11. The predicted molar refractivity (Wildman–Crippen MR) is 51.2 cm³/mol. The summed E-state index contributed by atoms with van der Waals surface area (Å²) in [5, 5.41) is 8.52. The minimum atomic E-state index is -3.93. The lowest BCUT2D eigenvalue weighted by Crippen LogP contribution is -1.91. The molecule has 0 atom stereocenters. The molecule has 0 bridgehead atoms. The van der Waals surface area contributed by atoms with E-state index < -0.39 is 9.05 Å². The molecule has 0 unspecified atom stereocenters. The molecular formula is C6H3Cl3O3S. The molecule has 1 rings (SSSR count). The first-order valence-electron chi connectivity index (χ1n) is 2.95. The average molecular weight is 262 g/mol. The molecule has 1 aromatic rings. The lowest BCUT2D eigenvalue weighted by molar-refractivity contribution is 0.475. The Hall–Kier alpha value is -0.160. The van der Waals surface area contributed by atoms with Crippen molar-refractivity contribution in [1.29, 1.82) is 0 Å². The van der Waals surface area contributed by atoms with Crippen LogP contribution in [-0.2, 0) is 9.05 Å². The number of aromatic hydroxyl groups is 1. The molecule has 0 radical (unpaired) electrons. The van der Waals surface area contributed by atoms with E-state index in [9.17, 15) is 8.42 Å². The Morgan fingerprint density at radius 1 is 1.15 bits per heavy atom. The Balaban J connectivity index is 3.53. The first-order chi connectivity index (χ1) is 5.84. The second-order valence-electron chi connectivity index (χ2n) is 2.15. The van der Waals surface area contributed by atoms with Gasteiger partial charge in [-0.1, -0.05) is 23.2 Å². The van der Waals surface area contributed by atoms with Crippen molar-refractivity contribution in [3.8, 4) is 5.75 Å². The fourth-order valence-corrected chi connectivity index (χ4v) is 2.45. The van der Waals surface area contributed by atoms with Crippen LogP contribution >= 0.6 is 33.9 Å². The third kappa shape index (κ3) is 2.20. The zero-order valence-electron chi connectivity index (χ0n) is 5.96. The predicted octanol–water partition coefficient (Wildman–Crippen LogP) is 2.63. The Kier molecular flexibility index (Phi) is 2.97. The second-order valence-corrected chi connectivity index (χ2v) is 5.44. The van der Waals surface area contributed by atoms with E-state index in [0.717, 1.165) is 12.1 Å². The normalized spacial score (nSPS) is 11.6. The monoisotopic (exact) mass is 260 g/mol. The Morgan fingerprint density at radius 2 is 1.69 bits per heavy atom. The Labute approximate surface area is 89.3 Å². The van der Waals surface area contributed by atoms with E-state index in [1.165, 1.54) is 0 Å². The van der Waals surface area contributed by atoms with Gasteiger partial charge in [0.2, 0.25) is 0 Å². The summed E-state index contributed by atoms with van der Waals surface area (Å²) in [6.07, 6.45) is 0. The minimum Gasteiger partial charge on any atom is -0.506 e. The zero-order chi connectivity index (χ0) is 10.2. The van der Waals surface area contributed by atoms with Crippen LogP contribution < -0.4 is 0 Å². The van der Waals surface area contributed by atoms with Crippen molar-refractivity contribution >= 4 is 42.9 Å². The molecule has 0 saturated carbocycles. The van der Waals surface area contributed by atoms with Crippen molar-refractivity contribution in [1.82, 2.24) is 0 Å². The molecule has 7 heteroatoms. The third-order valence-corrected chi connectivity index (χ3v) is 3.64. The number of rotatable bonds is 1. The first-order valence-corrected chi connectivity index (χ1v) is 6.02. The molecule has 1 N–H and O–H groups in total. The van der Waals surface area contributed by atoms with E-state index in [1.54, 1.807) is 0 Å². The van der Waals surface area contributed by atoms with E-state index in [2.05, 4.69) is 0 Å². The Bertz CT molecular complexity index is 441. The van der Waals surface area contributed by atoms with Crippen molar-refractivity contribution in [2.45, 2.75) is 4.90 Å². The van der Waals surface area contributed by atoms with Crippen molar-refractivity contribution < 1.29 is 13.5 Å². The molecule has 0 aliphatic rings. The van der Waals surface area contributed by atoms with Gasteiger partial charge < -0.3 is 5.11 Å². The van der Waals surface area contributed by atoms with E-state index >= 15 is 0 Å². The van der Waals surface area contributed by atoms with Gasteiger partial charge in [0, 0.05) is 10.7 Å². The first kappa shape index (κ1) is 10.9. The zero-order valence-corrected chi connectivity index (χ0v) is 9.04. The fourth-order valence-electron chi connectivity index (χ4n) is 0.710. The highest BCUT2D eigenvalue weighted by Gasteiger charge is 2.18. The Morgan fingerprint density at radius 3 is 2.15 bits per heavy atom. The lowest BCUT2D eigenvalue weighted by atomic mass is 10.3. The van der Waals surface area contributed by atoms with Gasteiger partial charge in [-0.25, -0.2) is 8.42 Å². The number of halogens is 3. The van der Waals surface area contributed by atoms with Crippen LogP contribution in [0.4, 0.5) is 0 Å². The van der Waals surface area contributed by atoms with Crippen molar-refractivity contribution in [3.63, 3.8) is 0 Å². The van der Waals surface area contributed by atoms with Gasteiger partial charge in [0.25, 0.3) is 9.05 Å². The molecule has 13 heavy (non-hydrogen) atoms. The van der Waals surface area contributed by atoms with Gasteiger partial charge in [0.15, 0.2) is 0 Å². The average Bonchev–Trinajstić information content (AvgIpc) is 1.98. The second kappa shape index (κ2) is 3.53. The number of hydrogen-bond acceptors (Lipinski definition) is 3. The number of phenols is 1. The van der Waals surface area contributed by atoms with Gasteiger partial charge in [-0.05, 0) is 12.1 Å². The van der Waals surface area contributed by atoms with Crippen LogP contribution in [0.3, 0.4) is 0 Å². The summed E-state index contributed by atoms with van der Waals surface area (Å²) in [6, 6.07) is 2.18. The van der Waals surface area contributed by atoms with Gasteiger partial charge in [0.1, 0.15) is 15.7 Å². The molecule has 0 saturated heterocycles. The van der Waals surface area contributed by atoms with Crippen molar-refractivity contribution in [2.75, 3.05) is 0 Å².